The van der Waals surface area contributed by atoms with E-state index in [0.717, 1.165) is 17.8 Å². The Morgan fingerprint density at radius 2 is 1.64 bits per heavy atom. The highest BCUT2D eigenvalue weighted by Crippen LogP contribution is 2.31. The highest BCUT2D eigenvalue weighted by Gasteiger charge is 2.30. The zero-order chi connectivity index (χ0) is 19.7. The number of aromatic amines is 1. The monoisotopic (exact) mass is 381 g/mol. The molecule has 7 heteroatoms. The summed E-state index contributed by atoms with van der Waals surface area (Å²) >= 11 is 0. The van der Waals surface area contributed by atoms with Crippen LogP contribution in [0.15, 0.2) is 77.9 Å². The van der Waals surface area contributed by atoms with Crippen LogP contribution in [0, 0.1) is 0 Å². The molecule has 0 spiro atoms. The number of nitrogens with zero attached hydrogens (tertiary/aromatic N) is 1. The van der Waals surface area contributed by atoms with E-state index in [4.69, 9.17) is 0 Å². The fraction of sp³-hybridized carbons (Fsp3) is 0.0476. The molecule has 0 bridgehead atoms. The lowest BCUT2D eigenvalue weighted by atomic mass is 10.0. The van der Waals surface area contributed by atoms with Gasteiger partial charge in [0.15, 0.2) is 0 Å². The smallest absolute Gasteiger partial charge is 0.360 e. The Labute approximate surface area is 157 Å². The van der Waals surface area contributed by atoms with Crippen LogP contribution in [0.1, 0.15) is 5.56 Å². The summed E-state index contributed by atoms with van der Waals surface area (Å²) in [6.07, 6.45) is -1.36. The highest BCUT2D eigenvalue weighted by atomic mass is 19.4. The maximum atomic E-state index is 13.1. The van der Waals surface area contributed by atoms with Crippen LogP contribution in [0.3, 0.4) is 0 Å². The minimum Gasteiger partial charge on any atom is -0.360 e. The molecule has 0 saturated heterocycles. The van der Waals surface area contributed by atoms with Crippen molar-refractivity contribution in [3.63, 3.8) is 0 Å². The molecule has 0 aliphatic rings. The van der Waals surface area contributed by atoms with Crippen LogP contribution in [0.25, 0.3) is 22.0 Å². The van der Waals surface area contributed by atoms with Crippen molar-refractivity contribution in [2.75, 3.05) is 5.32 Å². The zero-order valence-electron chi connectivity index (χ0n) is 14.4. The summed E-state index contributed by atoms with van der Waals surface area (Å²) in [6, 6.07) is 15.4. The van der Waals surface area contributed by atoms with Gasteiger partial charge in [-0.1, -0.05) is 30.3 Å². The molecule has 0 aliphatic heterocycles. The number of pyridine rings is 2. The van der Waals surface area contributed by atoms with Crippen LogP contribution in [-0.2, 0) is 6.18 Å². The van der Waals surface area contributed by atoms with Crippen LogP contribution in [0.2, 0.25) is 0 Å². The first-order valence-electron chi connectivity index (χ1n) is 8.43. The van der Waals surface area contributed by atoms with Gasteiger partial charge >= 0.3 is 6.18 Å². The van der Waals surface area contributed by atoms with Crippen molar-refractivity contribution in [1.29, 1.82) is 0 Å². The molecule has 0 radical (unpaired) electrons. The summed E-state index contributed by atoms with van der Waals surface area (Å²) in [6.45, 7) is 0. The van der Waals surface area contributed by atoms with Crippen molar-refractivity contribution in [2.24, 2.45) is 0 Å². The zero-order valence-corrected chi connectivity index (χ0v) is 14.4. The average Bonchev–Trinajstić information content (AvgIpc) is 2.69. The number of anilines is 2. The van der Waals surface area contributed by atoms with Gasteiger partial charge in [-0.15, -0.1) is 0 Å². The van der Waals surface area contributed by atoms with Gasteiger partial charge in [0.1, 0.15) is 5.82 Å². The van der Waals surface area contributed by atoms with Gasteiger partial charge in [-0.2, -0.15) is 13.2 Å². The molecule has 4 rings (SSSR count). The second-order valence-corrected chi connectivity index (χ2v) is 6.18. The van der Waals surface area contributed by atoms with E-state index in [-0.39, 0.29) is 11.0 Å². The number of hydrogen-bond donors (Lipinski definition) is 2. The van der Waals surface area contributed by atoms with Gasteiger partial charge in [0, 0.05) is 23.6 Å². The fourth-order valence-corrected chi connectivity index (χ4v) is 2.97. The predicted molar refractivity (Wildman–Crippen MR) is 103 cm³/mol. The second kappa shape index (κ2) is 6.84. The molecule has 0 unspecified atom stereocenters. The quantitative estimate of drug-likeness (QED) is 0.503. The second-order valence-electron chi connectivity index (χ2n) is 6.18. The summed E-state index contributed by atoms with van der Waals surface area (Å²) in [5.41, 5.74) is 0.925. The first-order valence-corrected chi connectivity index (χ1v) is 8.43. The van der Waals surface area contributed by atoms with E-state index in [9.17, 15) is 18.0 Å². The van der Waals surface area contributed by atoms with E-state index in [1.165, 1.54) is 18.3 Å². The third kappa shape index (κ3) is 3.34. The summed E-state index contributed by atoms with van der Waals surface area (Å²) in [4.78, 5) is 20.4. The molecule has 4 nitrogen and oxygen atoms in total. The van der Waals surface area contributed by atoms with Crippen molar-refractivity contribution >= 4 is 22.4 Å². The number of H-pyrrole nitrogens is 1. The molecule has 0 amide bonds. The maximum Gasteiger partial charge on any atom is 0.416 e. The Hall–Kier alpha value is -3.61. The van der Waals surface area contributed by atoms with Crippen molar-refractivity contribution in [2.45, 2.75) is 6.18 Å². The Morgan fingerprint density at radius 3 is 2.32 bits per heavy atom. The summed E-state index contributed by atoms with van der Waals surface area (Å²) in [7, 11) is 0. The van der Waals surface area contributed by atoms with Gasteiger partial charge in [0.25, 0.3) is 0 Å². The van der Waals surface area contributed by atoms with E-state index in [0.29, 0.717) is 22.3 Å². The Kier molecular flexibility index (Phi) is 4.35. The number of fused-ring (bicyclic) bond motifs is 1. The fourth-order valence-electron chi connectivity index (χ4n) is 2.97. The molecule has 28 heavy (non-hydrogen) atoms. The average molecular weight is 381 g/mol. The number of halogens is 3. The summed E-state index contributed by atoms with van der Waals surface area (Å²) in [5, 5.41) is 3.45. The van der Waals surface area contributed by atoms with Crippen LogP contribution in [0.4, 0.5) is 24.7 Å². The molecule has 2 aromatic heterocycles. The topological polar surface area (TPSA) is 57.8 Å². The standard InChI is InChI=1S/C21H14F3N3O/c22-21(23,24)14-8-6-13(7-9-14)16-12-26-17-10-11-25-20(18(17)19(16)28)27-15-4-2-1-3-5-15/h1-12H,(H,25,27)(H,26,28). The number of nitrogens with one attached hydrogen (secondary N) is 2. The van der Waals surface area contributed by atoms with Gasteiger partial charge in [0.2, 0.25) is 5.43 Å². The summed E-state index contributed by atoms with van der Waals surface area (Å²) < 4.78 is 38.4. The van der Waals surface area contributed by atoms with Gasteiger partial charge in [0.05, 0.1) is 16.5 Å². The molecular weight excluding hydrogens is 367 g/mol. The van der Waals surface area contributed by atoms with E-state index < -0.39 is 11.7 Å². The van der Waals surface area contributed by atoms with Crippen LogP contribution >= 0.6 is 0 Å². The van der Waals surface area contributed by atoms with Crippen molar-refractivity contribution < 1.29 is 13.2 Å². The number of aromatic nitrogens is 2. The predicted octanol–water partition coefficient (Wildman–Crippen LogP) is 5.35. The largest absolute Gasteiger partial charge is 0.416 e. The molecule has 2 N–H and O–H groups in total. The van der Waals surface area contributed by atoms with Gasteiger partial charge < -0.3 is 10.3 Å². The van der Waals surface area contributed by atoms with E-state index >= 15 is 0 Å². The molecule has 0 aliphatic carbocycles. The van der Waals surface area contributed by atoms with E-state index in [2.05, 4.69) is 15.3 Å². The Balaban J connectivity index is 1.82. The molecule has 0 fully saturated rings. The molecule has 4 aromatic rings. The number of rotatable bonds is 3. The van der Waals surface area contributed by atoms with E-state index in [1.54, 1.807) is 12.3 Å². The molecular formula is C21H14F3N3O. The lowest BCUT2D eigenvalue weighted by Gasteiger charge is -2.10. The molecule has 0 saturated carbocycles. The van der Waals surface area contributed by atoms with Gasteiger partial charge in [-0.05, 0) is 35.9 Å². The molecule has 2 aromatic carbocycles. The third-order valence-electron chi connectivity index (χ3n) is 4.35. The number of benzene rings is 2. The van der Waals surface area contributed by atoms with Crippen molar-refractivity contribution in [3.8, 4) is 11.1 Å². The van der Waals surface area contributed by atoms with Crippen LogP contribution in [-0.4, -0.2) is 9.97 Å². The lowest BCUT2D eigenvalue weighted by Crippen LogP contribution is -2.10. The molecule has 140 valence electrons. The number of alkyl halides is 3. The van der Waals surface area contributed by atoms with Crippen molar-refractivity contribution in [1.82, 2.24) is 9.97 Å². The first kappa shape index (κ1) is 17.8. The normalized spacial score (nSPS) is 11.5. The molecule has 2 heterocycles. The van der Waals surface area contributed by atoms with Crippen LogP contribution in [0.5, 0.6) is 0 Å². The van der Waals surface area contributed by atoms with Gasteiger partial charge in [-0.25, -0.2) is 4.98 Å². The Morgan fingerprint density at radius 1 is 0.929 bits per heavy atom. The molecule has 0 atom stereocenters. The maximum absolute atomic E-state index is 13.1. The lowest BCUT2D eigenvalue weighted by molar-refractivity contribution is -0.137. The SMILES string of the molecule is O=c1c(-c2ccc(C(F)(F)F)cc2)c[nH]c2ccnc(Nc3ccccc3)c12. The van der Waals surface area contributed by atoms with Crippen molar-refractivity contribution in [3.05, 3.63) is 88.8 Å². The minimum atomic E-state index is -4.43. The highest BCUT2D eigenvalue weighted by molar-refractivity contribution is 5.93. The van der Waals surface area contributed by atoms with Gasteiger partial charge in [-0.3, -0.25) is 4.79 Å². The Bertz CT molecular complexity index is 1180. The number of para-hydroxylation sites is 1. The van der Waals surface area contributed by atoms with Crippen LogP contribution < -0.4 is 10.7 Å². The minimum absolute atomic E-state index is 0.269. The summed E-state index contributed by atoms with van der Waals surface area (Å²) in [5.74, 6) is 0.374. The first-order chi connectivity index (χ1) is 13.4. The van der Waals surface area contributed by atoms with E-state index in [1.807, 2.05) is 30.3 Å². The third-order valence-corrected chi connectivity index (χ3v) is 4.35. The number of hydrogen-bond acceptors (Lipinski definition) is 3.